The normalized spacial score (nSPS) is 16.1. The van der Waals surface area contributed by atoms with E-state index < -0.39 is 0 Å². The summed E-state index contributed by atoms with van der Waals surface area (Å²) in [6.45, 7) is 0.782. The van der Waals surface area contributed by atoms with Crippen LogP contribution in [0, 0.1) is 11.3 Å². The van der Waals surface area contributed by atoms with Crippen LogP contribution >= 0.6 is 11.3 Å². The fourth-order valence-electron chi connectivity index (χ4n) is 4.00. The second-order valence-corrected chi connectivity index (χ2v) is 8.78. The molecule has 2 aliphatic carbocycles. The second kappa shape index (κ2) is 7.06. The maximum atomic E-state index is 9.20. The van der Waals surface area contributed by atoms with Gasteiger partial charge in [0.05, 0.1) is 11.1 Å². The zero-order chi connectivity index (χ0) is 19.1. The van der Waals surface area contributed by atoms with Gasteiger partial charge < -0.3 is 11.1 Å². The molecule has 3 heterocycles. The highest BCUT2D eigenvalue weighted by molar-refractivity contribution is 7.19. The molecule has 7 nitrogen and oxygen atoms in total. The highest BCUT2D eigenvalue weighted by atomic mass is 32.1. The second-order valence-electron chi connectivity index (χ2n) is 7.70. The molecule has 1 fully saturated rings. The third-order valence-corrected chi connectivity index (χ3v) is 6.84. The Labute approximate surface area is 167 Å². The van der Waals surface area contributed by atoms with Gasteiger partial charge in [-0.15, -0.1) is 11.3 Å². The molecule has 3 aromatic heterocycles. The number of nitrogens with zero attached hydrogens (tertiary/aromatic N) is 4. The quantitative estimate of drug-likeness (QED) is 0.550. The van der Waals surface area contributed by atoms with Crippen molar-refractivity contribution in [2.45, 2.75) is 57.3 Å². The summed E-state index contributed by atoms with van der Waals surface area (Å²) < 4.78 is 0. The van der Waals surface area contributed by atoms with Gasteiger partial charge in [0, 0.05) is 17.3 Å². The first-order chi connectivity index (χ1) is 13.7. The minimum absolute atomic E-state index is 0.280. The number of anilines is 2. The van der Waals surface area contributed by atoms with E-state index in [0.717, 1.165) is 48.0 Å². The molecule has 1 saturated carbocycles. The van der Waals surface area contributed by atoms with E-state index in [1.807, 2.05) is 11.3 Å². The van der Waals surface area contributed by atoms with E-state index in [2.05, 4.69) is 21.6 Å². The predicted octanol–water partition coefficient (Wildman–Crippen LogP) is 3.67. The van der Waals surface area contributed by atoms with E-state index in [9.17, 15) is 5.26 Å². The first-order valence-corrected chi connectivity index (χ1v) is 10.8. The number of nitriles is 1. The molecule has 0 spiro atoms. The van der Waals surface area contributed by atoms with Crippen molar-refractivity contribution < 1.29 is 0 Å². The highest BCUT2D eigenvalue weighted by Crippen LogP contribution is 2.43. The van der Waals surface area contributed by atoms with Gasteiger partial charge in [0.1, 0.15) is 28.1 Å². The van der Waals surface area contributed by atoms with Crippen molar-refractivity contribution in [2.75, 3.05) is 17.6 Å². The molecule has 0 atom stereocenters. The van der Waals surface area contributed by atoms with E-state index in [0.29, 0.717) is 11.5 Å². The molecule has 28 heavy (non-hydrogen) atoms. The lowest BCUT2D eigenvalue weighted by Crippen LogP contribution is -2.08. The predicted molar refractivity (Wildman–Crippen MR) is 111 cm³/mol. The minimum Gasteiger partial charge on any atom is -0.381 e. The van der Waals surface area contributed by atoms with Crippen molar-refractivity contribution in [3.63, 3.8) is 0 Å². The van der Waals surface area contributed by atoms with Gasteiger partial charge in [-0.3, -0.25) is 5.10 Å². The van der Waals surface area contributed by atoms with Gasteiger partial charge in [-0.05, 0) is 56.9 Å². The Morgan fingerprint density at radius 1 is 1.25 bits per heavy atom. The number of aryl methyl sites for hydroxylation is 3. The standard InChI is InChI=1S/C20H23N7S/c21-10-13-14(26-27-17(13)22)5-3-9-23-19-16-12-4-1-2-6-15(12)28-20(16)25-18(24-19)11-7-8-11/h11H,1-9H2,(H3,22,26,27)(H,23,24,25). The molecule has 8 heteroatoms. The summed E-state index contributed by atoms with van der Waals surface area (Å²) in [5.74, 6) is 2.81. The summed E-state index contributed by atoms with van der Waals surface area (Å²) in [5.41, 5.74) is 8.45. The Balaban J connectivity index is 1.37. The molecule has 4 N–H and O–H groups in total. The Morgan fingerprint density at radius 3 is 2.93 bits per heavy atom. The van der Waals surface area contributed by atoms with Crippen LogP contribution in [0.4, 0.5) is 11.6 Å². The van der Waals surface area contributed by atoms with Crippen LogP contribution in [0.15, 0.2) is 0 Å². The largest absolute Gasteiger partial charge is 0.381 e. The fraction of sp³-hybridized carbons (Fsp3) is 0.500. The Kier molecular flexibility index (Phi) is 4.40. The van der Waals surface area contributed by atoms with E-state index >= 15 is 0 Å². The number of aromatic amines is 1. The van der Waals surface area contributed by atoms with E-state index in [4.69, 9.17) is 15.7 Å². The van der Waals surface area contributed by atoms with Crippen LogP contribution in [0.5, 0.6) is 0 Å². The van der Waals surface area contributed by atoms with Crippen molar-refractivity contribution >= 4 is 33.2 Å². The molecule has 2 aliphatic rings. The number of fused-ring (bicyclic) bond motifs is 3. The van der Waals surface area contributed by atoms with Gasteiger partial charge in [-0.2, -0.15) is 10.4 Å². The molecular formula is C20H23N7S. The molecule has 0 radical (unpaired) electrons. The summed E-state index contributed by atoms with van der Waals surface area (Å²) >= 11 is 1.86. The molecule has 0 bridgehead atoms. The number of H-pyrrole nitrogens is 1. The lowest BCUT2D eigenvalue weighted by atomic mass is 9.97. The van der Waals surface area contributed by atoms with Crippen molar-refractivity contribution in [1.82, 2.24) is 20.2 Å². The number of hydrogen-bond acceptors (Lipinski definition) is 7. The summed E-state index contributed by atoms with van der Waals surface area (Å²) in [4.78, 5) is 12.5. The minimum atomic E-state index is 0.280. The van der Waals surface area contributed by atoms with Crippen molar-refractivity contribution in [3.8, 4) is 6.07 Å². The average molecular weight is 394 g/mol. The van der Waals surface area contributed by atoms with Crippen LogP contribution in [-0.2, 0) is 19.3 Å². The monoisotopic (exact) mass is 393 g/mol. The molecule has 0 unspecified atom stereocenters. The Hall–Kier alpha value is -2.66. The fourth-order valence-corrected chi connectivity index (χ4v) is 5.27. The Morgan fingerprint density at radius 2 is 2.11 bits per heavy atom. The van der Waals surface area contributed by atoms with Crippen molar-refractivity contribution in [2.24, 2.45) is 0 Å². The van der Waals surface area contributed by atoms with E-state index in [-0.39, 0.29) is 5.82 Å². The zero-order valence-electron chi connectivity index (χ0n) is 15.7. The van der Waals surface area contributed by atoms with Crippen LogP contribution in [-0.4, -0.2) is 26.7 Å². The Bertz CT molecular complexity index is 1070. The molecule has 0 saturated heterocycles. The number of hydrogen-bond donors (Lipinski definition) is 3. The molecule has 0 aliphatic heterocycles. The summed E-state index contributed by atoms with van der Waals surface area (Å²) in [5, 5.41) is 20.8. The van der Waals surface area contributed by atoms with Gasteiger partial charge in [0.2, 0.25) is 0 Å². The van der Waals surface area contributed by atoms with Gasteiger partial charge in [0.15, 0.2) is 5.82 Å². The topological polar surface area (TPSA) is 116 Å². The first-order valence-electron chi connectivity index (χ1n) is 10.0. The average Bonchev–Trinajstić information content (AvgIpc) is 3.40. The molecule has 0 amide bonds. The molecule has 5 rings (SSSR count). The zero-order valence-corrected chi connectivity index (χ0v) is 16.5. The SMILES string of the molecule is N#Cc1c(N)n[nH]c1CCCNc1nc(C2CC2)nc2sc3c(c12)CCCC3. The maximum Gasteiger partial charge on any atom is 0.163 e. The third kappa shape index (κ3) is 3.10. The number of rotatable bonds is 6. The van der Waals surface area contributed by atoms with Crippen molar-refractivity contribution in [1.29, 1.82) is 5.26 Å². The molecule has 144 valence electrons. The number of aromatic nitrogens is 4. The van der Waals surface area contributed by atoms with Gasteiger partial charge in [-0.1, -0.05) is 0 Å². The van der Waals surface area contributed by atoms with Crippen molar-refractivity contribution in [3.05, 3.63) is 27.5 Å². The van der Waals surface area contributed by atoms with Crippen LogP contribution in [0.25, 0.3) is 10.2 Å². The number of nitrogens with two attached hydrogens (primary N) is 1. The lowest BCUT2D eigenvalue weighted by molar-refractivity contribution is 0.700. The molecular weight excluding hydrogens is 370 g/mol. The van der Waals surface area contributed by atoms with E-state index in [1.54, 1.807) is 0 Å². The third-order valence-electron chi connectivity index (χ3n) is 5.65. The highest BCUT2D eigenvalue weighted by Gasteiger charge is 2.29. The van der Waals surface area contributed by atoms with Crippen LogP contribution in [0.3, 0.4) is 0 Å². The van der Waals surface area contributed by atoms with Gasteiger partial charge in [-0.25, -0.2) is 9.97 Å². The van der Waals surface area contributed by atoms with Gasteiger partial charge >= 0.3 is 0 Å². The first kappa shape index (κ1) is 17.4. The molecule has 3 aromatic rings. The number of nitrogen functional groups attached to an aromatic ring is 1. The number of thiophene rings is 1. The van der Waals surface area contributed by atoms with Crippen LogP contribution in [0.1, 0.15) is 65.5 Å². The summed E-state index contributed by atoms with van der Waals surface area (Å²) in [6, 6.07) is 2.13. The maximum absolute atomic E-state index is 9.20. The van der Waals surface area contributed by atoms with Crippen LogP contribution in [0.2, 0.25) is 0 Å². The summed E-state index contributed by atoms with van der Waals surface area (Å²) in [7, 11) is 0. The van der Waals surface area contributed by atoms with Gasteiger partial charge in [0.25, 0.3) is 0 Å². The number of nitrogens with one attached hydrogen (secondary N) is 2. The van der Waals surface area contributed by atoms with Crippen LogP contribution < -0.4 is 11.1 Å². The molecule has 0 aromatic carbocycles. The summed E-state index contributed by atoms with van der Waals surface area (Å²) in [6.07, 6.45) is 8.84. The smallest absolute Gasteiger partial charge is 0.163 e. The lowest BCUT2D eigenvalue weighted by Gasteiger charge is -2.13. The van der Waals surface area contributed by atoms with E-state index in [1.165, 1.54) is 47.9 Å².